The molecule has 0 aliphatic carbocycles. The number of hydrogen-bond donors (Lipinski definition) is 2. The minimum Gasteiger partial charge on any atom is -0.399 e. The summed E-state index contributed by atoms with van der Waals surface area (Å²) in [6.45, 7) is 1.82. The highest BCUT2D eigenvalue weighted by atomic mass is 32.2. The normalized spacial score (nSPS) is 11.2. The molecule has 0 radical (unpaired) electrons. The molecular formula is C11H12N4O2S. The van der Waals surface area contributed by atoms with Gasteiger partial charge in [-0.3, -0.25) is 0 Å². The molecule has 3 N–H and O–H groups in total. The van der Waals surface area contributed by atoms with Gasteiger partial charge < -0.3 is 5.73 Å². The zero-order valence-electron chi connectivity index (χ0n) is 9.66. The molecule has 1 heterocycles. The lowest BCUT2D eigenvalue weighted by Gasteiger charge is -2.06. The van der Waals surface area contributed by atoms with Crippen LogP contribution >= 0.6 is 0 Å². The summed E-state index contributed by atoms with van der Waals surface area (Å²) in [4.78, 5) is 7.87. The summed E-state index contributed by atoms with van der Waals surface area (Å²) in [5.74, 6) is 0.0393. The second-order valence-corrected chi connectivity index (χ2v) is 5.44. The number of rotatable bonds is 3. The maximum absolute atomic E-state index is 12.0. The molecule has 0 atom stereocenters. The summed E-state index contributed by atoms with van der Waals surface area (Å²) in [6.07, 6.45) is 3.07. The van der Waals surface area contributed by atoms with E-state index < -0.39 is 10.0 Å². The van der Waals surface area contributed by atoms with Crippen LogP contribution < -0.4 is 10.5 Å². The van der Waals surface area contributed by atoms with Gasteiger partial charge in [-0.15, -0.1) is 0 Å². The van der Waals surface area contributed by atoms with Gasteiger partial charge in [0.2, 0.25) is 5.95 Å². The number of nitrogens with one attached hydrogen (secondary N) is 1. The molecule has 0 unspecified atom stereocenters. The third kappa shape index (κ3) is 2.75. The number of nitrogens with zero attached hydrogens (tertiary/aromatic N) is 2. The molecule has 0 aliphatic heterocycles. The Balaban J connectivity index is 2.27. The monoisotopic (exact) mass is 264 g/mol. The maximum atomic E-state index is 12.0. The standard InChI is InChI=1S/C11H12N4O2S/c1-8-6-13-11(14-7-8)15-18(16,17)10-4-2-9(12)3-5-10/h2-7H,12H2,1H3,(H,13,14,15). The molecule has 0 fully saturated rings. The van der Waals surface area contributed by atoms with Crippen molar-refractivity contribution in [3.05, 3.63) is 42.2 Å². The quantitative estimate of drug-likeness (QED) is 0.811. The minimum atomic E-state index is -3.67. The maximum Gasteiger partial charge on any atom is 0.264 e. The minimum absolute atomic E-state index is 0.0393. The predicted octanol–water partition coefficient (Wildman–Crippen LogP) is 1.17. The predicted molar refractivity (Wildman–Crippen MR) is 68.4 cm³/mol. The Hall–Kier alpha value is -2.15. The van der Waals surface area contributed by atoms with Crippen LogP contribution in [0.1, 0.15) is 5.56 Å². The van der Waals surface area contributed by atoms with Crippen LogP contribution in [-0.2, 0) is 10.0 Å². The summed E-state index contributed by atoms with van der Waals surface area (Å²) in [5, 5.41) is 0. The fraction of sp³-hybridized carbons (Fsp3) is 0.0909. The van der Waals surface area contributed by atoms with Crippen LogP contribution in [0.25, 0.3) is 0 Å². The van der Waals surface area contributed by atoms with Crippen molar-refractivity contribution in [1.29, 1.82) is 0 Å². The summed E-state index contributed by atoms with van der Waals surface area (Å²) in [7, 11) is -3.67. The average Bonchev–Trinajstić information content (AvgIpc) is 2.32. The average molecular weight is 264 g/mol. The van der Waals surface area contributed by atoms with E-state index in [2.05, 4.69) is 14.7 Å². The first-order chi connectivity index (χ1) is 8.47. The molecule has 94 valence electrons. The lowest BCUT2D eigenvalue weighted by molar-refractivity contribution is 0.601. The van der Waals surface area contributed by atoms with Crippen LogP contribution in [0.3, 0.4) is 0 Å². The molecule has 2 aromatic rings. The van der Waals surface area contributed by atoms with Crippen molar-refractivity contribution in [3.8, 4) is 0 Å². The third-order valence-electron chi connectivity index (χ3n) is 2.20. The second kappa shape index (κ2) is 4.61. The zero-order valence-corrected chi connectivity index (χ0v) is 10.5. The van der Waals surface area contributed by atoms with Crippen LogP contribution in [-0.4, -0.2) is 18.4 Å². The van der Waals surface area contributed by atoms with Crippen LogP contribution in [0.4, 0.5) is 11.6 Å². The lowest BCUT2D eigenvalue weighted by Crippen LogP contribution is -2.15. The van der Waals surface area contributed by atoms with Gasteiger partial charge in [0.25, 0.3) is 10.0 Å². The summed E-state index contributed by atoms with van der Waals surface area (Å²) < 4.78 is 26.2. The molecule has 6 nitrogen and oxygen atoms in total. The van der Waals surface area contributed by atoms with Crippen molar-refractivity contribution < 1.29 is 8.42 Å². The highest BCUT2D eigenvalue weighted by Gasteiger charge is 2.14. The van der Waals surface area contributed by atoms with Crippen LogP contribution in [0.2, 0.25) is 0 Å². The number of nitrogen functional groups attached to an aromatic ring is 1. The van der Waals surface area contributed by atoms with Crippen molar-refractivity contribution in [2.75, 3.05) is 10.5 Å². The molecule has 1 aromatic carbocycles. The van der Waals surface area contributed by atoms with Gasteiger partial charge in [-0.1, -0.05) is 0 Å². The van der Waals surface area contributed by atoms with E-state index in [9.17, 15) is 8.42 Å². The Labute approximate surface area is 105 Å². The van der Waals surface area contributed by atoms with Gasteiger partial charge in [0.15, 0.2) is 0 Å². The third-order valence-corrected chi connectivity index (χ3v) is 3.54. The summed E-state index contributed by atoms with van der Waals surface area (Å²) >= 11 is 0. The number of sulfonamides is 1. The fourth-order valence-electron chi connectivity index (χ4n) is 1.27. The highest BCUT2D eigenvalue weighted by Crippen LogP contribution is 2.14. The fourth-order valence-corrected chi connectivity index (χ4v) is 2.23. The molecule has 0 saturated heterocycles. The van der Waals surface area contributed by atoms with Gasteiger partial charge in [-0.05, 0) is 36.8 Å². The summed E-state index contributed by atoms with van der Waals surface area (Å²) in [6, 6.07) is 5.88. The van der Waals surface area contributed by atoms with Gasteiger partial charge in [0.05, 0.1) is 4.90 Å². The Morgan fingerprint density at radius 2 is 1.67 bits per heavy atom. The Morgan fingerprint density at radius 3 is 2.22 bits per heavy atom. The van der Waals surface area contributed by atoms with E-state index in [0.29, 0.717) is 5.69 Å². The molecule has 0 aliphatic rings. The first-order valence-electron chi connectivity index (χ1n) is 5.14. The SMILES string of the molecule is Cc1cnc(NS(=O)(=O)c2ccc(N)cc2)nc1. The summed E-state index contributed by atoms with van der Waals surface area (Å²) in [5.41, 5.74) is 6.85. The first-order valence-corrected chi connectivity index (χ1v) is 6.63. The van der Waals surface area contributed by atoms with E-state index >= 15 is 0 Å². The molecule has 18 heavy (non-hydrogen) atoms. The van der Waals surface area contributed by atoms with Crippen LogP contribution in [0, 0.1) is 6.92 Å². The van der Waals surface area contributed by atoms with E-state index in [1.165, 1.54) is 36.7 Å². The van der Waals surface area contributed by atoms with Crippen molar-refractivity contribution in [2.45, 2.75) is 11.8 Å². The Kier molecular flexibility index (Phi) is 3.15. The molecule has 0 spiro atoms. The Morgan fingerprint density at radius 1 is 1.11 bits per heavy atom. The molecule has 7 heteroatoms. The van der Waals surface area contributed by atoms with E-state index in [0.717, 1.165) is 5.56 Å². The van der Waals surface area contributed by atoms with E-state index in [1.54, 1.807) is 0 Å². The molecule has 2 rings (SSSR count). The smallest absolute Gasteiger partial charge is 0.264 e. The van der Waals surface area contributed by atoms with Gasteiger partial charge >= 0.3 is 0 Å². The van der Waals surface area contributed by atoms with Crippen molar-refractivity contribution >= 4 is 21.7 Å². The van der Waals surface area contributed by atoms with E-state index in [1.807, 2.05) is 6.92 Å². The van der Waals surface area contributed by atoms with Gasteiger partial charge in [0, 0.05) is 18.1 Å². The topological polar surface area (TPSA) is 98.0 Å². The Bertz CT molecular complexity index is 636. The van der Waals surface area contributed by atoms with Crippen molar-refractivity contribution in [3.63, 3.8) is 0 Å². The number of hydrogen-bond acceptors (Lipinski definition) is 5. The molecule has 0 amide bonds. The largest absolute Gasteiger partial charge is 0.399 e. The van der Waals surface area contributed by atoms with Crippen LogP contribution in [0.5, 0.6) is 0 Å². The number of aryl methyl sites for hydroxylation is 1. The lowest BCUT2D eigenvalue weighted by atomic mass is 10.3. The number of nitrogens with two attached hydrogens (primary N) is 1. The molecular weight excluding hydrogens is 252 g/mol. The van der Waals surface area contributed by atoms with E-state index in [4.69, 9.17) is 5.73 Å². The molecule has 1 aromatic heterocycles. The second-order valence-electron chi connectivity index (χ2n) is 3.76. The zero-order chi connectivity index (χ0) is 13.2. The number of benzene rings is 1. The molecule has 0 saturated carbocycles. The van der Waals surface area contributed by atoms with Crippen molar-refractivity contribution in [2.24, 2.45) is 0 Å². The number of aromatic nitrogens is 2. The molecule has 0 bridgehead atoms. The van der Waals surface area contributed by atoms with Crippen molar-refractivity contribution in [1.82, 2.24) is 9.97 Å². The van der Waals surface area contributed by atoms with E-state index in [-0.39, 0.29) is 10.8 Å². The first kappa shape index (κ1) is 12.3. The van der Waals surface area contributed by atoms with Gasteiger partial charge in [-0.2, -0.15) is 0 Å². The number of anilines is 2. The van der Waals surface area contributed by atoms with Gasteiger partial charge in [-0.25, -0.2) is 23.1 Å². The van der Waals surface area contributed by atoms with Gasteiger partial charge in [0.1, 0.15) is 0 Å². The highest BCUT2D eigenvalue weighted by molar-refractivity contribution is 7.92. The van der Waals surface area contributed by atoms with Crippen LogP contribution in [0.15, 0.2) is 41.6 Å².